The molecule has 16 heavy (non-hydrogen) atoms. The summed E-state index contributed by atoms with van der Waals surface area (Å²) < 4.78 is 9.79. The van der Waals surface area contributed by atoms with Crippen LogP contribution in [0.5, 0.6) is 0 Å². The molecule has 0 N–H and O–H groups in total. The molecule has 1 aromatic carbocycles. The van der Waals surface area contributed by atoms with Crippen molar-refractivity contribution in [1.29, 1.82) is 0 Å². The molecule has 0 spiro atoms. The minimum Gasteiger partial charge on any atom is -0.364 e. The average molecular weight is 212 g/mol. The van der Waals surface area contributed by atoms with Crippen molar-refractivity contribution < 1.29 is 9.05 Å². The Hall–Kier alpha value is -2.36. The molecule has 3 aromatic rings. The highest BCUT2D eigenvalue weighted by molar-refractivity contribution is 5.77. The number of benzene rings is 1. The Morgan fingerprint density at radius 3 is 2.50 bits per heavy atom. The monoisotopic (exact) mass is 212 g/mol. The molecule has 0 aliphatic heterocycles. The fourth-order valence-electron chi connectivity index (χ4n) is 1.58. The van der Waals surface area contributed by atoms with Crippen molar-refractivity contribution in [2.24, 2.45) is 0 Å². The van der Waals surface area contributed by atoms with Crippen molar-refractivity contribution in [3.8, 4) is 22.5 Å². The van der Waals surface area contributed by atoms with Crippen LogP contribution in [0, 0.1) is 0 Å². The highest BCUT2D eigenvalue weighted by atomic mass is 16.5. The normalized spacial score (nSPS) is 10.5. The van der Waals surface area contributed by atoms with Crippen LogP contribution in [0.3, 0.4) is 0 Å². The lowest BCUT2D eigenvalue weighted by Crippen LogP contribution is -1.81. The van der Waals surface area contributed by atoms with Crippen LogP contribution >= 0.6 is 0 Å². The second-order valence-corrected chi connectivity index (χ2v) is 3.33. The van der Waals surface area contributed by atoms with Crippen LogP contribution in [0.4, 0.5) is 0 Å². The van der Waals surface area contributed by atoms with Crippen molar-refractivity contribution in [2.45, 2.75) is 0 Å². The molecule has 4 nitrogen and oxygen atoms in total. The molecule has 2 aromatic heterocycles. The first-order chi connectivity index (χ1) is 7.95. The standard InChI is InChI=1S/C12H8N2O2/c1-2-4-9(5-3-1)10-8-16-14-12(10)11-6-7-15-13-11/h1-8H. The van der Waals surface area contributed by atoms with Crippen molar-refractivity contribution in [2.75, 3.05) is 0 Å². The number of hydrogen-bond acceptors (Lipinski definition) is 4. The van der Waals surface area contributed by atoms with Gasteiger partial charge >= 0.3 is 0 Å². The molecule has 2 heterocycles. The summed E-state index contributed by atoms with van der Waals surface area (Å²) in [7, 11) is 0. The van der Waals surface area contributed by atoms with Crippen LogP contribution in [0.1, 0.15) is 0 Å². The lowest BCUT2D eigenvalue weighted by Gasteiger charge is -1.97. The first-order valence-electron chi connectivity index (χ1n) is 4.86. The van der Waals surface area contributed by atoms with Crippen LogP contribution in [-0.2, 0) is 0 Å². The second-order valence-electron chi connectivity index (χ2n) is 3.33. The molecule has 4 heteroatoms. The van der Waals surface area contributed by atoms with E-state index in [9.17, 15) is 0 Å². The van der Waals surface area contributed by atoms with Gasteiger partial charge in [-0.3, -0.25) is 0 Å². The highest BCUT2D eigenvalue weighted by Gasteiger charge is 2.13. The van der Waals surface area contributed by atoms with Gasteiger partial charge in [0.1, 0.15) is 23.9 Å². The number of aromatic nitrogens is 2. The summed E-state index contributed by atoms with van der Waals surface area (Å²) >= 11 is 0. The molecule has 0 atom stereocenters. The maximum Gasteiger partial charge on any atom is 0.143 e. The molecule has 0 fully saturated rings. The molecule has 78 valence electrons. The van der Waals surface area contributed by atoms with Gasteiger partial charge in [0.05, 0.1) is 5.56 Å². The van der Waals surface area contributed by atoms with Gasteiger partial charge < -0.3 is 9.05 Å². The van der Waals surface area contributed by atoms with Gasteiger partial charge in [0.25, 0.3) is 0 Å². The minimum atomic E-state index is 0.674. The molecule has 0 saturated carbocycles. The molecular formula is C12H8N2O2. The van der Waals surface area contributed by atoms with Gasteiger partial charge in [-0.1, -0.05) is 40.6 Å². The van der Waals surface area contributed by atoms with Gasteiger partial charge in [-0.25, -0.2) is 0 Å². The van der Waals surface area contributed by atoms with E-state index in [0.717, 1.165) is 11.1 Å². The van der Waals surface area contributed by atoms with E-state index in [1.165, 1.54) is 6.26 Å². The van der Waals surface area contributed by atoms with E-state index in [1.54, 1.807) is 12.3 Å². The Morgan fingerprint density at radius 1 is 0.875 bits per heavy atom. The first-order valence-corrected chi connectivity index (χ1v) is 4.86. The van der Waals surface area contributed by atoms with Crippen molar-refractivity contribution in [3.63, 3.8) is 0 Å². The van der Waals surface area contributed by atoms with Crippen LogP contribution < -0.4 is 0 Å². The van der Waals surface area contributed by atoms with E-state index >= 15 is 0 Å². The fraction of sp³-hybridized carbons (Fsp3) is 0. The summed E-state index contributed by atoms with van der Waals surface area (Å²) in [6.45, 7) is 0. The smallest absolute Gasteiger partial charge is 0.143 e. The molecule has 0 aliphatic rings. The van der Waals surface area contributed by atoms with Crippen LogP contribution in [-0.4, -0.2) is 10.3 Å². The molecule has 0 radical (unpaired) electrons. The molecule has 0 unspecified atom stereocenters. The van der Waals surface area contributed by atoms with Gasteiger partial charge in [-0.05, 0) is 5.56 Å². The largest absolute Gasteiger partial charge is 0.364 e. The molecule has 0 bridgehead atoms. The van der Waals surface area contributed by atoms with Crippen LogP contribution in [0.2, 0.25) is 0 Å². The second kappa shape index (κ2) is 3.66. The lowest BCUT2D eigenvalue weighted by atomic mass is 10.1. The Morgan fingerprint density at radius 2 is 1.75 bits per heavy atom. The van der Waals surface area contributed by atoms with Gasteiger partial charge in [0.15, 0.2) is 0 Å². The third kappa shape index (κ3) is 1.40. The van der Waals surface area contributed by atoms with Crippen molar-refractivity contribution >= 4 is 0 Å². The highest BCUT2D eigenvalue weighted by Crippen LogP contribution is 2.29. The SMILES string of the molecule is c1ccc(-c2conc2-c2ccon2)cc1. The third-order valence-corrected chi connectivity index (χ3v) is 2.33. The van der Waals surface area contributed by atoms with Gasteiger partial charge in [0, 0.05) is 6.07 Å². The van der Waals surface area contributed by atoms with E-state index in [4.69, 9.17) is 9.05 Å². The molecular weight excluding hydrogens is 204 g/mol. The Balaban J connectivity index is 2.14. The predicted molar refractivity (Wildman–Crippen MR) is 57.4 cm³/mol. The molecule has 0 amide bonds. The quantitative estimate of drug-likeness (QED) is 0.655. The average Bonchev–Trinajstić information content (AvgIpc) is 3.01. The van der Waals surface area contributed by atoms with Gasteiger partial charge in [0.2, 0.25) is 0 Å². The third-order valence-electron chi connectivity index (χ3n) is 2.33. The summed E-state index contributed by atoms with van der Waals surface area (Å²) in [6.07, 6.45) is 3.12. The van der Waals surface area contributed by atoms with E-state index in [-0.39, 0.29) is 0 Å². The van der Waals surface area contributed by atoms with Crippen molar-refractivity contribution in [3.05, 3.63) is 48.9 Å². The Bertz CT molecular complexity index is 570. The lowest BCUT2D eigenvalue weighted by molar-refractivity contribution is 0.413. The van der Waals surface area contributed by atoms with Gasteiger partial charge in [-0.2, -0.15) is 0 Å². The maximum atomic E-state index is 4.99. The molecule has 3 rings (SSSR count). The van der Waals surface area contributed by atoms with E-state index < -0.39 is 0 Å². The number of nitrogens with zero attached hydrogens (tertiary/aromatic N) is 2. The summed E-state index contributed by atoms with van der Waals surface area (Å²) in [4.78, 5) is 0. The minimum absolute atomic E-state index is 0.674. The maximum absolute atomic E-state index is 4.99. The number of hydrogen-bond donors (Lipinski definition) is 0. The Labute approximate surface area is 91.5 Å². The first kappa shape index (κ1) is 8.91. The van der Waals surface area contributed by atoms with Crippen molar-refractivity contribution in [1.82, 2.24) is 10.3 Å². The van der Waals surface area contributed by atoms with Gasteiger partial charge in [-0.15, -0.1) is 0 Å². The molecule has 0 saturated heterocycles. The topological polar surface area (TPSA) is 52.1 Å². The predicted octanol–water partition coefficient (Wildman–Crippen LogP) is 3.00. The Kier molecular flexibility index (Phi) is 2.04. The summed E-state index contributed by atoms with van der Waals surface area (Å²) in [5, 5.41) is 7.78. The summed E-state index contributed by atoms with van der Waals surface area (Å²) in [5.74, 6) is 0. The van der Waals surface area contributed by atoms with E-state index in [2.05, 4.69) is 10.3 Å². The fourth-order valence-corrected chi connectivity index (χ4v) is 1.58. The zero-order chi connectivity index (χ0) is 10.8. The zero-order valence-corrected chi connectivity index (χ0v) is 8.33. The van der Waals surface area contributed by atoms with E-state index in [1.807, 2.05) is 30.3 Å². The summed E-state index contributed by atoms with van der Waals surface area (Å²) in [6, 6.07) is 11.6. The van der Waals surface area contributed by atoms with Crippen LogP contribution in [0.25, 0.3) is 22.5 Å². The number of rotatable bonds is 2. The van der Waals surface area contributed by atoms with E-state index in [0.29, 0.717) is 11.4 Å². The van der Waals surface area contributed by atoms with Crippen LogP contribution in [0.15, 0.2) is 58.0 Å². The zero-order valence-electron chi connectivity index (χ0n) is 8.33. The summed E-state index contributed by atoms with van der Waals surface area (Å²) in [5.41, 5.74) is 3.32. The molecule has 0 aliphatic carbocycles.